The minimum Gasteiger partial charge on any atom is -0.383 e. The molecule has 1 unspecified atom stereocenters. The number of hydrogen-bond acceptors (Lipinski definition) is 6. The van der Waals surface area contributed by atoms with Crippen molar-refractivity contribution in [1.29, 1.82) is 0 Å². The molecule has 1 saturated heterocycles. The maximum absolute atomic E-state index is 6.09. The van der Waals surface area contributed by atoms with Gasteiger partial charge >= 0.3 is 0 Å². The van der Waals surface area contributed by atoms with Gasteiger partial charge in [-0.25, -0.2) is 4.68 Å². The van der Waals surface area contributed by atoms with Crippen molar-refractivity contribution in [1.82, 2.24) is 30.0 Å². The van der Waals surface area contributed by atoms with Crippen LogP contribution in [0.4, 0.5) is 0 Å². The standard InChI is InChI=1S/C18H25ClN6O/c1-3-8-23-9-11-24(12-10-23)17(15-4-6-16(19)7-5-15)18-20-21-22-25(18)13-14-26-2/h3-7,17H,1,8-14H2,2H3. The summed E-state index contributed by atoms with van der Waals surface area (Å²) in [5, 5.41) is 13.1. The van der Waals surface area contributed by atoms with Gasteiger partial charge in [0.25, 0.3) is 0 Å². The zero-order valence-electron chi connectivity index (χ0n) is 15.1. The Bertz CT molecular complexity index is 696. The molecule has 8 heteroatoms. The van der Waals surface area contributed by atoms with Gasteiger partial charge in [0, 0.05) is 44.9 Å². The van der Waals surface area contributed by atoms with Crippen LogP contribution in [0.25, 0.3) is 0 Å². The van der Waals surface area contributed by atoms with Crippen molar-refractivity contribution >= 4 is 11.6 Å². The Morgan fingerprint density at radius 1 is 1.23 bits per heavy atom. The van der Waals surface area contributed by atoms with Crippen molar-refractivity contribution in [2.45, 2.75) is 12.6 Å². The first-order chi connectivity index (χ1) is 12.7. The molecule has 2 heterocycles. The predicted molar refractivity (Wildman–Crippen MR) is 101 cm³/mol. The minimum atomic E-state index is -0.00926. The summed E-state index contributed by atoms with van der Waals surface area (Å²) in [7, 11) is 1.68. The molecular weight excluding hydrogens is 352 g/mol. The highest BCUT2D eigenvalue weighted by molar-refractivity contribution is 6.30. The molecule has 1 fully saturated rings. The number of benzene rings is 1. The van der Waals surface area contributed by atoms with E-state index in [0.29, 0.717) is 13.2 Å². The van der Waals surface area contributed by atoms with E-state index in [9.17, 15) is 0 Å². The second-order valence-corrected chi connectivity index (χ2v) is 6.77. The first-order valence-electron chi connectivity index (χ1n) is 8.80. The first-order valence-corrected chi connectivity index (χ1v) is 9.18. The van der Waals surface area contributed by atoms with Gasteiger partial charge in [-0.2, -0.15) is 0 Å². The molecule has 3 rings (SSSR count). The van der Waals surface area contributed by atoms with Crippen LogP contribution in [0.15, 0.2) is 36.9 Å². The molecule has 0 saturated carbocycles. The second kappa shape index (κ2) is 9.23. The van der Waals surface area contributed by atoms with Crippen molar-refractivity contribution in [3.8, 4) is 0 Å². The molecule has 1 aromatic carbocycles. The van der Waals surface area contributed by atoms with E-state index >= 15 is 0 Å². The summed E-state index contributed by atoms with van der Waals surface area (Å²) in [6.07, 6.45) is 1.96. The van der Waals surface area contributed by atoms with Gasteiger partial charge < -0.3 is 4.74 Å². The number of piperazine rings is 1. The van der Waals surface area contributed by atoms with Crippen molar-refractivity contribution in [2.24, 2.45) is 0 Å². The van der Waals surface area contributed by atoms with Gasteiger partial charge in [-0.3, -0.25) is 9.80 Å². The molecule has 26 heavy (non-hydrogen) atoms. The van der Waals surface area contributed by atoms with Gasteiger partial charge in [-0.15, -0.1) is 11.7 Å². The van der Waals surface area contributed by atoms with E-state index in [0.717, 1.165) is 49.1 Å². The Labute approximate surface area is 159 Å². The van der Waals surface area contributed by atoms with Crippen LogP contribution in [0, 0.1) is 0 Å². The quantitative estimate of drug-likeness (QED) is 0.655. The molecule has 0 aliphatic carbocycles. The van der Waals surface area contributed by atoms with Gasteiger partial charge in [0.15, 0.2) is 5.82 Å². The lowest BCUT2D eigenvalue weighted by molar-refractivity contribution is 0.111. The fraction of sp³-hybridized carbons (Fsp3) is 0.500. The number of methoxy groups -OCH3 is 1. The molecule has 1 aliphatic heterocycles. The number of halogens is 1. The van der Waals surface area contributed by atoms with Crippen LogP contribution in [-0.2, 0) is 11.3 Å². The van der Waals surface area contributed by atoms with Crippen LogP contribution < -0.4 is 0 Å². The molecule has 0 bridgehead atoms. The summed E-state index contributed by atoms with van der Waals surface area (Å²) < 4.78 is 7.03. The number of rotatable bonds is 8. The van der Waals surface area contributed by atoms with Crippen LogP contribution in [-0.4, -0.2) is 76.4 Å². The van der Waals surface area contributed by atoms with Crippen LogP contribution >= 0.6 is 11.6 Å². The molecule has 1 aliphatic rings. The van der Waals surface area contributed by atoms with Gasteiger partial charge in [0.05, 0.1) is 19.2 Å². The van der Waals surface area contributed by atoms with Crippen molar-refractivity contribution in [2.75, 3.05) is 46.4 Å². The summed E-state index contributed by atoms with van der Waals surface area (Å²) in [5.41, 5.74) is 1.14. The predicted octanol–water partition coefficient (Wildman–Crippen LogP) is 1.87. The van der Waals surface area contributed by atoms with Crippen LogP contribution in [0.5, 0.6) is 0 Å². The molecule has 7 nitrogen and oxygen atoms in total. The van der Waals surface area contributed by atoms with E-state index in [1.807, 2.05) is 22.9 Å². The molecule has 1 aromatic heterocycles. The third-order valence-electron chi connectivity index (χ3n) is 4.66. The Kier molecular flexibility index (Phi) is 6.73. The lowest BCUT2D eigenvalue weighted by atomic mass is 10.0. The molecule has 1 atom stereocenters. The monoisotopic (exact) mass is 376 g/mol. The maximum Gasteiger partial charge on any atom is 0.173 e. The Balaban J connectivity index is 1.87. The number of hydrogen-bond donors (Lipinski definition) is 0. The van der Waals surface area contributed by atoms with Crippen LogP contribution in [0.3, 0.4) is 0 Å². The summed E-state index contributed by atoms with van der Waals surface area (Å²) in [6, 6.07) is 7.93. The highest BCUT2D eigenvalue weighted by Gasteiger charge is 2.30. The van der Waals surface area contributed by atoms with Crippen LogP contribution in [0.2, 0.25) is 5.02 Å². The molecule has 0 amide bonds. The van der Waals surface area contributed by atoms with E-state index in [1.54, 1.807) is 7.11 Å². The summed E-state index contributed by atoms with van der Waals surface area (Å²) >= 11 is 6.09. The molecule has 0 N–H and O–H groups in total. The van der Waals surface area contributed by atoms with Gasteiger partial charge in [-0.1, -0.05) is 29.8 Å². The third-order valence-corrected chi connectivity index (χ3v) is 4.91. The summed E-state index contributed by atoms with van der Waals surface area (Å²) in [5.74, 6) is 0.835. The van der Waals surface area contributed by atoms with E-state index in [1.165, 1.54) is 0 Å². The average Bonchev–Trinajstić information content (AvgIpc) is 3.11. The Hall–Kier alpha value is -1.80. The van der Waals surface area contributed by atoms with E-state index < -0.39 is 0 Å². The largest absolute Gasteiger partial charge is 0.383 e. The van der Waals surface area contributed by atoms with Gasteiger partial charge in [0.1, 0.15) is 0 Å². The fourth-order valence-electron chi connectivity index (χ4n) is 3.30. The number of ether oxygens (including phenoxy) is 1. The smallest absolute Gasteiger partial charge is 0.173 e. The number of nitrogens with zero attached hydrogens (tertiary/aromatic N) is 6. The zero-order valence-corrected chi connectivity index (χ0v) is 15.8. The zero-order chi connectivity index (χ0) is 18.4. The molecule has 140 valence electrons. The Morgan fingerprint density at radius 2 is 1.96 bits per heavy atom. The van der Waals surface area contributed by atoms with Crippen molar-refractivity contribution < 1.29 is 4.74 Å². The van der Waals surface area contributed by atoms with Crippen molar-refractivity contribution in [3.63, 3.8) is 0 Å². The van der Waals surface area contributed by atoms with E-state index in [2.05, 4.69) is 44.0 Å². The fourth-order valence-corrected chi connectivity index (χ4v) is 3.43. The summed E-state index contributed by atoms with van der Waals surface area (Å²) in [6.45, 7) is 9.83. The summed E-state index contributed by atoms with van der Waals surface area (Å²) in [4.78, 5) is 4.83. The highest BCUT2D eigenvalue weighted by atomic mass is 35.5. The third kappa shape index (κ3) is 4.48. The van der Waals surface area contributed by atoms with Gasteiger partial charge in [0.2, 0.25) is 0 Å². The number of aromatic nitrogens is 4. The van der Waals surface area contributed by atoms with E-state index in [4.69, 9.17) is 16.3 Å². The van der Waals surface area contributed by atoms with E-state index in [-0.39, 0.29) is 6.04 Å². The average molecular weight is 377 g/mol. The van der Waals surface area contributed by atoms with Crippen molar-refractivity contribution in [3.05, 3.63) is 53.3 Å². The molecule has 2 aromatic rings. The second-order valence-electron chi connectivity index (χ2n) is 6.33. The normalized spacial score (nSPS) is 17.3. The SMILES string of the molecule is C=CCN1CCN(C(c2ccc(Cl)cc2)c2nnnn2CCOC)CC1. The molecule has 0 radical (unpaired) electrons. The highest BCUT2D eigenvalue weighted by Crippen LogP contribution is 2.29. The van der Waals surface area contributed by atoms with Gasteiger partial charge in [-0.05, 0) is 28.1 Å². The molecular formula is C18H25ClN6O. The van der Waals surface area contributed by atoms with Crippen LogP contribution in [0.1, 0.15) is 17.4 Å². The maximum atomic E-state index is 6.09. The number of tetrazole rings is 1. The molecule has 0 spiro atoms. The lowest BCUT2D eigenvalue weighted by Gasteiger charge is -2.38. The lowest BCUT2D eigenvalue weighted by Crippen LogP contribution is -2.48. The Morgan fingerprint density at radius 3 is 2.62 bits per heavy atom. The first kappa shape index (κ1) is 19.0. The minimum absolute atomic E-state index is 0.00926. The topological polar surface area (TPSA) is 59.3 Å².